The van der Waals surface area contributed by atoms with Crippen LogP contribution in [0.3, 0.4) is 0 Å². The van der Waals surface area contributed by atoms with E-state index in [-0.39, 0.29) is 11.0 Å². The van der Waals surface area contributed by atoms with Gasteiger partial charge in [0.2, 0.25) is 0 Å². The van der Waals surface area contributed by atoms with E-state index in [0.717, 1.165) is 6.54 Å². The highest BCUT2D eigenvalue weighted by atomic mass is 15.1. The van der Waals surface area contributed by atoms with Gasteiger partial charge in [-0.3, -0.25) is 4.99 Å². The van der Waals surface area contributed by atoms with Crippen molar-refractivity contribution in [2.24, 2.45) is 10.4 Å². The predicted octanol–water partition coefficient (Wildman–Crippen LogP) is 4.54. The molecule has 0 bridgehead atoms. The monoisotopic (exact) mass is 252 g/mol. The van der Waals surface area contributed by atoms with Crippen LogP contribution in [0.15, 0.2) is 4.99 Å². The third-order valence-electron chi connectivity index (χ3n) is 3.90. The molecule has 0 aromatic heterocycles. The zero-order valence-electron chi connectivity index (χ0n) is 13.1. The summed E-state index contributed by atoms with van der Waals surface area (Å²) >= 11 is 0. The van der Waals surface area contributed by atoms with Gasteiger partial charge in [-0.05, 0) is 20.3 Å². The van der Waals surface area contributed by atoms with Gasteiger partial charge in [-0.15, -0.1) is 0 Å². The van der Waals surface area contributed by atoms with E-state index in [1.54, 1.807) is 0 Å². The summed E-state index contributed by atoms with van der Waals surface area (Å²) in [4.78, 5) is 4.83. The van der Waals surface area contributed by atoms with Crippen molar-refractivity contribution in [1.82, 2.24) is 5.32 Å². The summed E-state index contributed by atoms with van der Waals surface area (Å²) in [6.07, 6.45) is 9.49. The summed E-state index contributed by atoms with van der Waals surface area (Å²) in [5.74, 6) is 1.22. The molecular weight excluding hydrogens is 220 g/mol. The van der Waals surface area contributed by atoms with Crippen molar-refractivity contribution >= 4 is 5.84 Å². The molecule has 0 spiro atoms. The summed E-state index contributed by atoms with van der Waals surface area (Å²) in [6, 6.07) is 0. The molecule has 1 N–H and O–H groups in total. The van der Waals surface area contributed by atoms with Crippen LogP contribution >= 0.6 is 0 Å². The Labute approximate surface area is 114 Å². The SMILES string of the molecule is CCCCCCCCC(C)(C)C1=NC(C)(C)CN1. The molecule has 0 aromatic rings. The molecule has 0 unspecified atom stereocenters. The molecule has 106 valence electrons. The molecular formula is C16H32N2. The molecule has 0 saturated heterocycles. The van der Waals surface area contributed by atoms with Crippen molar-refractivity contribution in [3.05, 3.63) is 0 Å². The van der Waals surface area contributed by atoms with E-state index < -0.39 is 0 Å². The molecule has 0 radical (unpaired) electrons. The van der Waals surface area contributed by atoms with Crippen LogP contribution in [0.4, 0.5) is 0 Å². The molecule has 1 heterocycles. The topological polar surface area (TPSA) is 24.4 Å². The quantitative estimate of drug-likeness (QED) is 0.630. The van der Waals surface area contributed by atoms with Crippen LogP contribution in [0.25, 0.3) is 0 Å². The van der Waals surface area contributed by atoms with Gasteiger partial charge in [-0.1, -0.05) is 59.3 Å². The molecule has 1 rings (SSSR count). The van der Waals surface area contributed by atoms with Crippen molar-refractivity contribution < 1.29 is 0 Å². The lowest BCUT2D eigenvalue weighted by Crippen LogP contribution is -2.34. The first-order valence-corrected chi connectivity index (χ1v) is 7.71. The lowest BCUT2D eigenvalue weighted by atomic mass is 9.85. The molecule has 0 aromatic carbocycles. The van der Waals surface area contributed by atoms with Gasteiger partial charge in [0.25, 0.3) is 0 Å². The van der Waals surface area contributed by atoms with Gasteiger partial charge >= 0.3 is 0 Å². The van der Waals surface area contributed by atoms with Gasteiger partial charge in [0, 0.05) is 12.0 Å². The Morgan fingerprint density at radius 3 is 2.28 bits per heavy atom. The fourth-order valence-electron chi connectivity index (χ4n) is 2.54. The Hall–Kier alpha value is -0.530. The molecule has 0 atom stereocenters. The molecule has 0 aliphatic carbocycles. The molecule has 0 saturated carbocycles. The van der Waals surface area contributed by atoms with E-state index in [1.807, 2.05) is 0 Å². The number of unbranched alkanes of at least 4 members (excludes halogenated alkanes) is 5. The predicted molar refractivity (Wildman–Crippen MR) is 81.3 cm³/mol. The largest absolute Gasteiger partial charge is 0.371 e. The third kappa shape index (κ3) is 4.99. The average molecular weight is 252 g/mol. The highest BCUT2D eigenvalue weighted by molar-refractivity contribution is 5.89. The molecule has 0 amide bonds. The summed E-state index contributed by atoms with van der Waals surface area (Å²) in [6.45, 7) is 12.3. The minimum atomic E-state index is 0.0910. The van der Waals surface area contributed by atoms with Gasteiger partial charge < -0.3 is 5.32 Å². The zero-order chi connectivity index (χ0) is 13.6. The van der Waals surface area contributed by atoms with Crippen LogP contribution in [-0.4, -0.2) is 17.9 Å². The highest BCUT2D eigenvalue weighted by Gasteiger charge is 2.32. The first-order valence-electron chi connectivity index (χ1n) is 7.71. The highest BCUT2D eigenvalue weighted by Crippen LogP contribution is 2.29. The van der Waals surface area contributed by atoms with Gasteiger partial charge in [0.05, 0.1) is 5.54 Å². The van der Waals surface area contributed by atoms with E-state index in [1.165, 1.54) is 50.8 Å². The van der Waals surface area contributed by atoms with Crippen LogP contribution in [-0.2, 0) is 0 Å². The second-order valence-electron chi connectivity index (χ2n) is 7.03. The molecule has 2 nitrogen and oxygen atoms in total. The van der Waals surface area contributed by atoms with Crippen molar-refractivity contribution in [2.75, 3.05) is 6.54 Å². The second kappa shape index (κ2) is 6.58. The van der Waals surface area contributed by atoms with E-state index in [9.17, 15) is 0 Å². The van der Waals surface area contributed by atoms with Crippen LogP contribution in [0, 0.1) is 5.41 Å². The summed E-state index contributed by atoms with van der Waals surface area (Å²) in [5, 5.41) is 3.50. The lowest BCUT2D eigenvalue weighted by Gasteiger charge is -2.25. The standard InChI is InChI=1S/C16H32N2/c1-6-7-8-9-10-11-12-15(2,3)14-17-13-16(4,5)18-14/h6-13H2,1-5H3,(H,17,18). The number of hydrogen-bond acceptors (Lipinski definition) is 2. The van der Waals surface area contributed by atoms with Gasteiger partial charge in [0.15, 0.2) is 0 Å². The molecule has 0 fully saturated rings. The summed E-state index contributed by atoms with van der Waals surface area (Å²) in [7, 11) is 0. The maximum absolute atomic E-state index is 4.83. The van der Waals surface area contributed by atoms with Crippen molar-refractivity contribution in [3.63, 3.8) is 0 Å². The number of amidine groups is 1. The maximum Gasteiger partial charge on any atom is 0.103 e. The van der Waals surface area contributed by atoms with Crippen LogP contribution in [0.2, 0.25) is 0 Å². The van der Waals surface area contributed by atoms with Crippen molar-refractivity contribution in [1.29, 1.82) is 0 Å². The van der Waals surface area contributed by atoms with Gasteiger partial charge in [0.1, 0.15) is 5.84 Å². The van der Waals surface area contributed by atoms with Crippen LogP contribution in [0.1, 0.15) is 79.6 Å². The Kier molecular flexibility index (Phi) is 5.68. The Balaban J connectivity index is 2.28. The number of nitrogens with zero attached hydrogens (tertiary/aromatic N) is 1. The Morgan fingerprint density at radius 2 is 1.72 bits per heavy atom. The smallest absolute Gasteiger partial charge is 0.103 e. The second-order valence-corrected chi connectivity index (χ2v) is 7.03. The minimum absolute atomic E-state index is 0.0910. The number of aliphatic imine (C=N–C) groups is 1. The Morgan fingerprint density at radius 1 is 1.11 bits per heavy atom. The van der Waals surface area contributed by atoms with E-state index in [0.29, 0.717) is 0 Å². The first-order chi connectivity index (χ1) is 8.37. The fraction of sp³-hybridized carbons (Fsp3) is 0.938. The van der Waals surface area contributed by atoms with Gasteiger partial charge in [-0.2, -0.15) is 0 Å². The van der Waals surface area contributed by atoms with Crippen molar-refractivity contribution in [3.8, 4) is 0 Å². The maximum atomic E-state index is 4.83. The number of rotatable bonds is 8. The Bertz CT molecular complexity index is 277. The van der Waals surface area contributed by atoms with Crippen LogP contribution < -0.4 is 5.32 Å². The lowest BCUT2D eigenvalue weighted by molar-refractivity contribution is 0.430. The molecule has 1 aliphatic rings. The average Bonchev–Trinajstić information content (AvgIpc) is 2.65. The van der Waals surface area contributed by atoms with E-state index >= 15 is 0 Å². The third-order valence-corrected chi connectivity index (χ3v) is 3.90. The summed E-state index contributed by atoms with van der Waals surface area (Å²) < 4.78 is 0. The molecule has 1 aliphatic heterocycles. The molecule has 18 heavy (non-hydrogen) atoms. The number of nitrogens with one attached hydrogen (secondary N) is 1. The van der Waals surface area contributed by atoms with Crippen LogP contribution in [0.5, 0.6) is 0 Å². The zero-order valence-corrected chi connectivity index (χ0v) is 13.1. The fourth-order valence-corrected chi connectivity index (χ4v) is 2.54. The normalized spacial score (nSPS) is 18.6. The van der Waals surface area contributed by atoms with Gasteiger partial charge in [-0.25, -0.2) is 0 Å². The van der Waals surface area contributed by atoms with E-state index in [2.05, 4.69) is 39.9 Å². The summed E-state index contributed by atoms with van der Waals surface area (Å²) in [5.41, 5.74) is 0.312. The first kappa shape index (κ1) is 15.5. The number of hydrogen-bond donors (Lipinski definition) is 1. The molecule has 2 heteroatoms. The minimum Gasteiger partial charge on any atom is -0.371 e. The van der Waals surface area contributed by atoms with Crippen molar-refractivity contribution in [2.45, 2.75) is 85.1 Å². The van der Waals surface area contributed by atoms with E-state index in [4.69, 9.17) is 4.99 Å².